The van der Waals surface area contributed by atoms with Gasteiger partial charge in [-0.05, 0) is 42.2 Å². The molecular weight excluding hydrogens is 332 g/mol. The van der Waals surface area contributed by atoms with Crippen LogP contribution in [0.5, 0.6) is 5.75 Å². The molecule has 0 fully saturated rings. The smallest absolute Gasteiger partial charge is 0.119 e. The highest BCUT2D eigenvalue weighted by Gasteiger charge is 2.30. The van der Waals surface area contributed by atoms with Crippen molar-refractivity contribution in [2.75, 3.05) is 13.2 Å². The third kappa shape index (κ3) is 4.29. The van der Waals surface area contributed by atoms with Gasteiger partial charge < -0.3 is 9.84 Å². The van der Waals surface area contributed by atoms with Gasteiger partial charge in [0.05, 0.1) is 12.0 Å². The van der Waals surface area contributed by atoms with E-state index in [-0.39, 0.29) is 12.0 Å². The molecule has 0 spiro atoms. The first-order valence-electron chi connectivity index (χ1n) is 9.37. The van der Waals surface area contributed by atoms with E-state index in [2.05, 4.69) is 91.9 Å². The van der Waals surface area contributed by atoms with Gasteiger partial charge in [-0.15, -0.1) is 0 Å². The molecule has 1 unspecified atom stereocenters. The van der Waals surface area contributed by atoms with Crippen LogP contribution < -0.4 is 4.74 Å². The van der Waals surface area contributed by atoms with Crippen LogP contribution in [0.4, 0.5) is 0 Å². The summed E-state index contributed by atoms with van der Waals surface area (Å²) in [6.07, 6.45) is 18.1. The highest BCUT2D eigenvalue weighted by Crippen LogP contribution is 2.39. The molecular formula is C25H26O2. The lowest BCUT2D eigenvalue weighted by atomic mass is 9.71. The fourth-order valence-electron chi connectivity index (χ4n) is 3.55. The van der Waals surface area contributed by atoms with Gasteiger partial charge in [0.1, 0.15) is 12.4 Å². The molecule has 0 saturated carbocycles. The second kappa shape index (κ2) is 9.20. The van der Waals surface area contributed by atoms with Crippen molar-refractivity contribution >= 4 is 0 Å². The van der Waals surface area contributed by atoms with Crippen molar-refractivity contribution in [2.45, 2.75) is 18.8 Å². The zero-order valence-electron chi connectivity index (χ0n) is 15.7. The lowest BCUT2D eigenvalue weighted by Gasteiger charge is -2.31. The first-order chi connectivity index (χ1) is 13.3. The van der Waals surface area contributed by atoms with E-state index in [0.29, 0.717) is 6.61 Å². The Bertz CT molecular complexity index is 856. The predicted molar refractivity (Wildman–Crippen MR) is 112 cm³/mol. The van der Waals surface area contributed by atoms with Crippen LogP contribution in [-0.2, 0) is 11.8 Å². The van der Waals surface area contributed by atoms with Crippen LogP contribution in [-0.4, -0.2) is 18.3 Å². The van der Waals surface area contributed by atoms with Crippen molar-refractivity contribution in [3.05, 3.63) is 114 Å². The Morgan fingerprint density at radius 1 is 1.00 bits per heavy atom. The van der Waals surface area contributed by atoms with Gasteiger partial charge in [-0.2, -0.15) is 0 Å². The lowest BCUT2D eigenvalue weighted by molar-refractivity contribution is 0.201. The Morgan fingerprint density at radius 2 is 1.78 bits per heavy atom. The summed E-state index contributed by atoms with van der Waals surface area (Å²) in [6.45, 7) is 2.38. The minimum absolute atomic E-state index is 0.0141. The molecule has 0 bridgehead atoms. The predicted octanol–water partition coefficient (Wildman–Crippen LogP) is 5.14. The number of ether oxygens (including phenoxy) is 1. The molecule has 1 N–H and O–H groups in total. The summed E-state index contributed by atoms with van der Waals surface area (Å²) < 4.78 is 5.53. The molecule has 138 valence electrons. The van der Waals surface area contributed by atoms with Crippen LogP contribution in [0.1, 0.15) is 23.6 Å². The van der Waals surface area contributed by atoms with Crippen LogP contribution in [0.15, 0.2) is 97.1 Å². The number of hydrogen-bond donors (Lipinski definition) is 1. The standard InChI is InChI=1S/C25H26O2/c1-2-17-25(22-13-15-23(16-14-22)27-20-19-26)18-9-5-3-4-6-10-21-11-7-8-12-24(21)25/h2-9,11-18,26H,10,19-20H2,1H3. The molecule has 0 aromatic heterocycles. The minimum atomic E-state index is -0.351. The number of rotatable bonds is 5. The van der Waals surface area contributed by atoms with Crippen molar-refractivity contribution in [1.29, 1.82) is 0 Å². The number of hydrogen-bond acceptors (Lipinski definition) is 2. The van der Waals surface area contributed by atoms with E-state index in [1.54, 1.807) is 0 Å². The van der Waals surface area contributed by atoms with E-state index in [1.165, 1.54) is 16.7 Å². The Balaban J connectivity index is 2.15. The molecule has 2 aromatic rings. The average Bonchev–Trinajstić information content (AvgIpc) is 2.71. The topological polar surface area (TPSA) is 29.5 Å². The summed E-state index contributed by atoms with van der Waals surface area (Å²) in [5.41, 5.74) is 3.42. The molecule has 0 aliphatic heterocycles. The van der Waals surface area contributed by atoms with Gasteiger partial charge in [0, 0.05) is 0 Å². The van der Waals surface area contributed by atoms with Gasteiger partial charge in [-0.1, -0.05) is 85.0 Å². The highest BCUT2D eigenvalue weighted by molar-refractivity contribution is 5.54. The molecule has 27 heavy (non-hydrogen) atoms. The van der Waals surface area contributed by atoms with Gasteiger partial charge >= 0.3 is 0 Å². The van der Waals surface area contributed by atoms with E-state index < -0.39 is 0 Å². The zero-order valence-corrected chi connectivity index (χ0v) is 15.7. The van der Waals surface area contributed by atoms with E-state index in [1.807, 2.05) is 12.1 Å². The first-order valence-corrected chi connectivity index (χ1v) is 9.37. The van der Waals surface area contributed by atoms with Gasteiger partial charge in [-0.25, -0.2) is 0 Å². The lowest BCUT2D eigenvalue weighted by Crippen LogP contribution is -2.24. The Kier molecular flexibility index (Phi) is 6.45. The first kappa shape index (κ1) is 18.9. The largest absolute Gasteiger partial charge is 0.491 e. The maximum atomic E-state index is 8.96. The second-order valence-electron chi connectivity index (χ2n) is 6.50. The second-order valence-corrected chi connectivity index (χ2v) is 6.50. The van der Waals surface area contributed by atoms with Gasteiger partial charge in [0.2, 0.25) is 0 Å². The van der Waals surface area contributed by atoms with Crippen LogP contribution >= 0.6 is 0 Å². The Labute approximate surface area is 161 Å². The summed E-state index contributed by atoms with van der Waals surface area (Å²) in [7, 11) is 0. The van der Waals surface area contributed by atoms with Gasteiger partial charge in [-0.3, -0.25) is 0 Å². The molecule has 2 heteroatoms. The maximum Gasteiger partial charge on any atom is 0.119 e. The van der Waals surface area contributed by atoms with Crippen LogP contribution in [0.3, 0.4) is 0 Å². The van der Waals surface area contributed by atoms with E-state index in [9.17, 15) is 0 Å². The molecule has 3 rings (SSSR count). The summed E-state index contributed by atoms with van der Waals surface area (Å²) in [5.74, 6) is 0.767. The van der Waals surface area contributed by atoms with Crippen LogP contribution in [0.25, 0.3) is 0 Å². The van der Waals surface area contributed by atoms with Gasteiger partial charge in [0.15, 0.2) is 0 Å². The number of aliphatic hydroxyl groups is 1. The molecule has 1 aliphatic carbocycles. The summed E-state index contributed by atoms with van der Waals surface area (Å²) in [4.78, 5) is 0. The molecule has 2 nitrogen and oxygen atoms in total. The maximum absolute atomic E-state index is 8.96. The van der Waals surface area contributed by atoms with Crippen molar-refractivity contribution in [1.82, 2.24) is 0 Å². The zero-order chi connectivity index (χ0) is 19.0. The third-order valence-corrected chi connectivity index (χ3v) is 4.75. The Hall–Kier alpha value is -2.84. The van der Waals surface area contributed by atoms with E-state index >= 15 is 0 Å². The van der Waals surface area contributed by atoms with E-state index in [0.717, 1.165) is 12.2 Å². The number of fused-ring (bicyclic) bond motifs is 1. The van der Waals surface area contributed by atoms with E-state index in [4.69, 9.17) is 9.84 Å². The molecule has 1 atom stereocenters. The molecule has 0 saturated heterocycles. The van der Waals surface area contributed by atoms with Crippen LogP contribution in [0, 0.1) is 0 Å². The van der Waals surface area contributed by atoms with Crippen molar-refractivity contribution in [3.8, 4) is 5.75 Å². The molecule has 0 radical (unpaired) electrons. The molecule has 1 aliphatic rings. The van der Waals surface area contributed by atoms with Crippen molar-refractivity contribution < 1.29 is 9.84 Å². The highest BCUT2D eigenvalue weighted by atomic mass is 16.5. The van der Waals surface area contributed by atoms with Gasteiger partial charge in [0.25, 0.3) is 0 Å². The Morgan fingerprint density at radius 3 is 2.56 bits per heavy atom. The normalized spacial score (nSPS) is 19.2. The number of allylic oxidation sites excluding steroid dienone is 8. The molecule has 0 heterocycles. The monoisotopic (exact) mass is 358 g/mol. The fraction of sp³-hybridized carbons (Fsp3) is 0.200. The molecule has 0 amide bonds. The molecule has 2 aromatic carbocycles. The minimum Gasteiger partial charge on any atom is -0.491 e. The summed E-state index contributed by atoms with van der Waals surface area (Å²) in [6, 6.07) is 16.8. The third-order valence-electron chi connectivity index (χ3n) is 4.75. The van der Waals surface area contributed by atoms with Crippen LogP contribution in [0.2, 0.25) is 0 Å². The summed E-state index contributed by atoms with van der Waals surface area (Å²) >= 11 is 0. The fourth-order valence-corrected chi connectivity index (χ4v) is 3.55. The number of benzene rings is 2. The quantitative estimate of drug-likeness (QED) is 0.750. The van der Waals surface area contributed by atoms with Crippen molar-refractivity contribution in [2.24, 2.45) is 0 Å². The SMILES string of the molecule is CC=CC1(c2ccc(OCCO)cc2)C=CC=CC=CCc2ccccc21. The summed E-state index contributed by atoms with van der Waals surface area (Å²) in [5, 5.41) is 8.96. The average molecular weight is 358 g/mol. The number of aliphatic hydroxyl groups excluding tert-OH is 1. The van der Waals surface area contributed by atoms with Crippen molar-refractivity contribution in [3.63, 3.8) is 0 Å².